The summed E-state index contributed by atoms with van der Waals surface area (Å²) >= 11 is 0. The fraction of sp³-hybridized carbons (Fsp3) is 0.684. The predicted octanol–water partition coefficient (Wildman–Crippen LogP) is 2.57. The number of hydrogen-bond acceptors (Lipinski definition) is 4. The molecule has 0 bridgehead atoms. The molecule has 1 aromatic rings. The molecule has 0 radical (unpaired) electrons. The summed E-state index contributed by atoms with van der Waals surface area (Å²) in [5.74, 6) is 0.230. The van der Waals surface area contributed by atoms with E-state index < -0.39 is 0 Å². The van der Waals surface area contributed by atoms with Crippen LogP contribution < -0.4 is 5.32 Å². The molecule has 26 heavy (non-hydrogen) atoms. The molecule has 1 amide bonds. The topological polar surface area (TPSA) is 48.5 Å². The average molecular weight is 403 g/mol. The van der Waals surface area contributed by atoms with Crippen LogP contribution in [0.4, 0.5) is 0 Å². The van der Waals surface area contributed by atoms with Crippen molar-refractivity contribution in [3.8, 4) is 0 Å². The molecule has 1 spiro atoms. The summed E-state index contributed by atoms with van der Waals surface area (Å²) in [6.45, 7) is 7.87. The zero-order valence-corrected chi connectivity index (χ0v) is 17.9. The van der Waals surface area contributed by atoms with Crippen LogP contribution in [0.5, 0.6) is 0 Å². The Hall–Kier alpha value is -0.880. The van der Waals surface area contributed by atoms with Gasteiger partial charge in [-0.25, -0.2) is 0 Å². The molecule has 7 heteroatoms. The molecule has 2 aliphatic rings. The molecule has 1 atom stereocenters. The lowest BCUT2D eigenvalue weighted by atomic mass is 9.77. The smallest absolute Gasteiger partial charge is 0.240 e. The molecule has 148 valence electrons. The number of piperidine rings is 1. The molecule has 3 rings (SSSR count). The van der Waals surface area contributed by atoms with Gasteiger partial charge in [0.2, 0.25) is 5.91 Å². The molecule has 1 aromatic heterocycles. The lowest BCUT2D eigenvalue weighted by Crippen LogP contribution is -2.42. The second-order valence-corrected chi connectivity index (χ2v) is 7.86. The summed E-state index contributed by atoms with van der Waals surface area (Å²) < 4.78 is 0. The molecular weight excluding hydrogens is 371 g/mol. The SMILES string of the molecule is Cc1cc(C)nc(CN(C)C(=O)C2CC3(CCNCC3)CN2C)c1.Cl.Cl. The Morgan fingerprint density at radius 1 is 1.31 bits per heavy atom. The maximum absolute atomic E-state index is 13.0. The van der Waals surface area contributed by atoms with Gasteiger partial charge >= 0.3 is 0 Å². The van der Waals surface area contributed by atoms with Crippen LogP contribution in [-0.2, 0) is 11.3 Å². The van der Waals surface area contributed by atoms with E-state index in [0.29, 0.717) is 12.0 Å². The average Bonchev–Trinajstić information content (AvgIpc) is 2.82. The van der Waals surface area contributed by atoms with Gasteiger partial charge in [0, 0.05) is 19.3 Å². The minimum atomic E-state index is 0. The van der Waals surface area contributed by atoms with Crippen LogP contribution in [0.2, 0.25) is 0 Å². The quantitative estimate of drug-likeness (QED) is 0.843. The van der Waals surface area contributed by atoms with Gasteiger partial charge in [0.1, 0.15) is 0 Å². The monoisotopic (exact) mass is 402 g/mol. The van der Waals surface area contributed by atoms with Crippen LogP contribution >= 0.6 is 24.8 Å². The maximum atomic E-state index is 13.0. The zero-order chi connectivity index (χ0) is 17.3. The van der Waals surface area contributed by atoms with Crippen molar-refractivity contribution in [1.82, 2.24) is 20.1 Å². The third-order valence-corrected chi connectivity index (χ3v) is 5.62. The fourth-order valence-electron chi connectivity index (χ4n) is 4.45. The van der Waals surface area contributed by atoms with Gasteiger partial charge in [-0.1, -0.05) is 0 Å². The van der Waals surface area contributed by atoms with Crippen LogP contribution in [-0.4, -0.2) is 60.5 Å². The summed E-state index contributed by atoms with van der Waals surface area (Å²) in [7, 11) is 4.01. The van der Waals surface area contributed by atoms with Gasteiger partial charge < -0.3 is 10.2 Å². The van der Waals surface area contributed by atoms with E-state index in [0.717, 1.165) is 37.4 Å². The number of carbonyl (C=O) groups is 1. The van der Waals surface area contributed by atoms with E-state index >= 15 is 0 Å². The molecule has 2 fully saturated rings. The van der Waals surface area contributed by atoms with Crippen molar-refractivity contribution in [2.45, 2.75) is 45.7 Å². The molecule has 0 aromatic carbocycles. The lowest BCUT2D eigenvalue weighted by molar-refractivity contribution is -0.134. The summed E-state index contributed by atoms with van der Waals surface area (Å²) in [5, 5.41) is 3.44. The summed E-state index contributed by atoms with van der Waals surface area (Å²) in [6, 6.07) is 4.15. The van der Waals surface area contributed by atoms with Gasteiger partial charge in [0.15, 0.2) is 0 Å². The first kappa shape index (κ1) is 23.2. The van der Waals surface area contributed by atoms with Crippen molar-refractivity contribution in [3.63, 3.8) is 0 Å². The van der Waals surface area contributed by atoms with E-state index in [1.54, 1.807) is 0 Å². The number of nitrogens with zero attached hydrogens (tertiary/aromatic N) is 3. The first-order valence-corrected chi connectivity index (χ1v) is 8.99. The minimum Gasteiger partial charge on any atom is -0.338 e. The zero-order valence-electron chi connectivity index (χ0n) is 16.2. The highest BCUT2D eigenvalue weighted by Gasteiger charge is 2.46. The molecular formula is C19H32Cl2N4O. The van der Waals surface area contributed by atoms with Gasteiger partial charge in [-0.05, 0) is 76.4 Å². The molecule has 0 saturated carbocycles. The Labute approximate surface area is 169 Å². The first-order chi connectivity index (χ1) is 11.4. The number of hydrogen-bond donors (Lipinski definition) is 1. The van der Waals surface area contributed by atoms with E-state index in [2.05, 4.69) is 41.3 Å². The first-order valence-electron chi connectivity index (χ1n) is 8.99. The highest BCUT2D eigenvalue weighted by Crippen LogP contribution is 2.41. The Morgan fingerprint density at radius 3 is 2.58 bits per heavy atom. The molecule has 2 aliphatic heterocycles. The Kier molecular flexibility index (Phi) is 8.33. The minimum absolute atomic E-state index is 0. The normalized spacial score (nSPS) is 21.8. The van der Waals surface area contributed by atoms with Crippen LogP contribution in [0.15, 0.2) is 12.1 Å². The summed E-state index contributed by atoms with van der Waals surface area (Å²) in [6.07, 6.45) is 3.36. The number of nitrogens with one attached hydrogen (secondary N) is 1. The number of amides is 1. The van der Waals surface area contributed by atoms with Crippen molar-refractivity contribution in [2.24, 2.45) is 5.41 Å². The number of likely N-dealkylation sites (N-methyl/N-ethyl adjacent to an activating group) is 2. The van der Waals surface area contributed by atoms with Gasteiger partial charge in [-0.15, -0.1) is 24.8 Å². The largest absolute Gasteiger partial charge is 0.338 e. The van der Waals surface area contributed by atoms with Crippen molar-refractivity contribution in [3.05, 3.63) is 29.1 Å². The number of aryl methyl sites for hydroxylation is 2. The van der Waals surface area contributed by atoms with Crippen molar-refractivity contribution in [1.29, 1.82) is 0 Å². The predicted molar refractivity (Wildman–Crippen MR) is 110 cm³/mol. The molecule has 3 heterocycles. The summed E-state index contributed by atoms with van der Waals surface area (Å²) in [4.78, 5) is 21.7. The fourth-order valence-corrected chi connectivity index (χ4v) is 4.45. The molecule has 1 N–H and O–H groups in total. The number of halogens is 2. The molecule has 2 saturated heterocycles. The van der Waals surface area contributed by atoms with Crippen LogP contribution in [0.1, 0.15) is 36.2 Å². The molecule has 5 nitrogen and oxygen atoms in total. The molecule has 1 unspecified atom stereocenters. The highest BCUT2D eigenvalue weighted by atomic mass is 35.5. The Bertz CT molecular complexity index is 599. The standard InChI is InChI=1S/C19H30N4O.2ClH/c1-14-9-15(2)21-16(10-14)12-22(3)18(24)17-11-19(13-23(17)4)5-7-20-8-6-19;;/h9-10,17,20H,5-8,11-13H2,1-4H3;2*1H. The summed E-state index contributed by atoms with van der Waals surface area (Å²) in [5.41, 5.74) is 3.52. The Morgan fingerprint density at radius 2 is 1.96 bits per heavy atom. The second-order valence-electron chi connectivity index (χ2n) is 7.86. The van der Waals surface area contributed by atoms with E-state index in [1.807, 2.05) is 18.9 Å². The van der Waals surface area contributed by atoms with Gasteiger partial charge in [0.05, 0.1) is 18.3 Å². The third kappa shape index (κ3) is 5.10. The number of carbonyl (C=O) groups excluding carboxylic acids is 1. The number of likely N-dealkylation sites (tertiary alicyclic amines) is 1. The van der Waals surface area contributed by atoms with Crippen LogP contribution in [0.3, 0.4) is 0 Å². The number of rotatable bonds is 3. The van der Waals surface area contributed by atoms with E-state index in [-0.39, 0.29) is 36.8 Å². The Balaban J connectivity index is 0.00000169. The van der Waals surface area contributed by atoms with E-state index in [4.69, 9.17) is 0 Å². The second kappa shape index (κ2) is 9.36. The van der Waals surface area contributed by atoms with E-state index in [9.17, 15) is 4.79 Å². The maximum Gasteiger partial charge on any atom is 0.240 e. The van der Waals surface area contributed by atoms with Crippen molar-refractivity contribution >= 4 is 30.7 Å². The number of pyridine rings is 1. The lowest BCUT2D eigenvalue weighted by Gasteiger charge is -2.33. The van der Waals surface area contributed by atoms with Gasteiger partial charge in [-0.3, -0.25) is 14.7 Å². The van der Waals surface area contributed by atoms with Crippen molar-refractivity contribution < 1.29 is 4.79 Å². The van der Waals surface area contributed by atoms with Crippen LogP contribution in [0, 0.1) is 19.3 Å². The highest BCUT2D eigenvalue weighted by molar-refractivity contribution is 5.85. The molecule has 0 aliphatic carbocycles. The third-order valence-electron chi connectivity index (χ3n) is 5.62. The van der Waals surface area contributed by atoms with Gasteiger partial charge in [0.25, 0.3) is 0 Å². The van der Waals surface area contributed by atoms with Crippen LogP contribution in [0.25, 0.3) is 0 Å². The van der Waals surface area contributed by atoms with Crippen molar-refractivity contribution in [2.75, 3.05) is 33.7 Å². The van der Waals surface area contributed by atoms with Gasteiger partial charge in [-0.2, -0.15) is 0 Å². The van der Waals surface area contributed by atoms with E-state index in [1.165, 1.54) is 18.4 Å². The number of aromatic nitrogens is 1.